The molecule has 4 nitrogen and oxygen atoms in total. The zero-order valence-corrected chi connectivity index (χ0v) is 13.2. The number of nitrogens with one attached hydrogen (secondary N) is 1. The predicted octanol–water partition coefficient (Wildman–Crippen LogP) is 3.66. The van der Waals surface area contributed by atoms with E-state index in [0.717, 1.165) is 41.0 Å². The minimum Gasteiger partial charge on any atom is -0.469 e. The number of nitrogens with zero attached hydrogens (tertiary/aromatic N) is 2. The maximum atomic E-state index is 5.45. The molecule has 2 aromatic heterocycles. The molecule has 1 unspecified atom stereocenters. The van der Waals surface area contributed by atoms with Crippen molar-refractivity contribution in [1.29, 1.82) is 0 Å². The lowest BCUT2D eigenvalue weighted by Gasteiger charge is -2.19. The zero-order chi connectivity index (χ0) is 13.8. The van der Waals surface area contributed by atoms with Crippen LogP contribution < -0.4 is 5.32 Å². The summed E-state index contributed by atoms with van der Waals surface area (Å²) in [5.74, 6) is 0.928. The number of halogens is 1. The van der Waals surface area contributed by atoms with Gasteiger partial charge < -0.3 is 9.73 Å². The van der Waals surface area contributed by atoms with E-state index in [2.05, 4.69) is 46.3 Å². The summed E-state index contributed by atoms with van der Waals surface area (Å²) in [4.78, 5) is 0. The van der Waals surface area contributed by atoms with Gasteiger partial charge in [0.1, 0.15) is 5.76 Å². The molecule has 0 saturated carbocycles. The molecule has 0 bridgehead atoms. The van der Waals surface area contributed by atoms with E-state index < -0.39 is 0 Å². The number of aromatic nitrogens is 2. The van der Waals surface area contributed by atoms with Crippen LogP contribution in [0.5, 0.6) is 0 Å². The Labute approximate surface area is 122 Å². The molecule has 0 amide bonds. The summed E-state index contributed by atoms with van der Waals surface area (Å²) in [6.45, 7) is 8.03. The van der Waals surface area contributed by atoms with Crippen LogP contribution in [0.3, 0.4) is 0 Å². The molecule has 0 aliphatic carbocycles. The second kappa shape index (κ2) is 6.39. The van der Waals surface area contributed by atoms with Crippen LogP contribution >= 0.6 is 15.9 Å². The number of hydrogen-bond acceptors (Lipinski definition) is 3. The van der Waals surface area contributed by atoms with E-state index >= 15 is 0 Å². The number of furan rings is 1. The summed E-state index contributed by atoms with van der Waals surface area (Å²) < 4.78 is 8.49. The molecule has 1 N–H and O–H groups in total. The summed E-state index contributed by atoms with van der Waals surface area (Å²) in [6, 6.07) is 2.18. The van der Waals surface area contributed by atoms with Crippen LogP contribution in [0.25, 0.3) is 0 Å². The average molecular weight is 326 g/mol. The molecule has 0 aromatic carbocycles. The minimum absolute atomic E-state index is 0.106. The standard InChI is InChI=1S/C14H20BrN3O/c1-4-6-16-13(11-7-10(3)19-9-11)14-12(15)8-17-18(14)5-2/h7-9,13,16H,4-6H2,1-3H3. The largest absolute Gasteiger partial charge is 0.469 e. The van der Waals surface area contributed by atoms with Crippen LogP contribution in [0.2, 0.25) is 0 Å². The molecule has 0 fully saturated rings. The van der Waals surface area contributed by atoms with Crippen LogP contribution in [0.1, 0.15) is 43.3 Å². The normalized spacial score (nSPS) is 12.8. The first-order valence-electron chi connectivity index (χ1n) is 6.67. The molecule has 0 aliphatic rings. The number of aryl methyl sites for hydroxylation is 2. The van der Waals surface area contributed by atoms with E-state index in [9.17, 15) is 0 Å². The molecule has 2 aromatic rings. The third-order valence-electron chi connectivity index (χ3n) is 3.09. The molecule has 0 radical (unpaired) electrons. The van der Waals surface area contributed by atoms with E-state index in [1.807, 2.05) is 24.1 Å². The quantitative estimate of drug-likeness (QED) is 0.881. The lowest BCUT2D eigenvalue weighted by molar-refractivity contribution is 0.507. The fraction of sp³-hybridized carbons (Fsp3) is 0.500. The Kier molecular flexibility index (Phi) is 4.82. The lowest BCUT2D eigenvalue weighted by Crippen LogP contribution is -2.25. The molecular formula is C14H20BrN3O. The molecule has 5 heteroatoms. The highest BCUT2D eigenvalue weighted by Gasteiger charge is 2.22. The van der Waals surface area contributed by atoms with Crippen molar-refractivity contribution in [3.63, 3.8) is 0 Å². The van der Waals surface area contributed by atoms with Gasteiger partial charge in [-0.25, -0.2) is 0 Å². The third kappa shape index (κ3) is 3.09. The Balaban J connectivity index is 2.39. The van der Waals surface area contributed by atoms with Gasteiger partial charge in [-0.3, -0.25) is 4.68 Å². The molecule has 0 spiro atoms. The summed E-state index contributed by atoms with van der Waals surface area (Å²) >= 11 is 3.60. The van der Waals surface area contributed by atoms with Gasteiger partial charge in [-0.2, -0.15) is 5.10 Å². The predicted molar refractivity (Wildman–Crippen MR) is 79.2 cm³/mol. The van der Waals surface area contributed by atoms with Crippen molar-refractivity contribution in [2.45, 2.75) is 39.8 Å². The Morgan fingerprint density at radius 1 is 1.47 bits per heavy atom. The van der Waals surface area contributed by atoms with E-state index in [4.69, 9.17) is 4.42 Å². The third-order valence-corrected chi connectivity index (χ3v) is 3.70. The first kappa shape index (κ1) is 14.3. The molecule has 19 heavy (non-hydrogen) atoms. The second-order valence-electron chi connectivity index (χ2n) is 4.57. The molecule has 0 saturated heterocycles. The van der Waals surface area contributed by atoms with Gasteiger partial charge in [0, 0.05) is 12.1 Å². The van der Waals surface area contributed by atoms with E-state index in [0.29, 0.717) is 0 Å². The van der Waals surface area contributed by atoms with E-state index in [1.165, 1.54) is 0 Å². The summed E-state index contributed by atoms with van der Waals surface area (Å²) in [6.07, 6.45) is 4.76. The maximum Gasteiger partial charge on any atom is 0.101 e. The van der Waals surface area contributed by atoms with Gasteiger partial charge in [0.2, 0.25) is 0 Å². The fourth-order valence-corrected chi connectivity index (χ4v) is 2.71. The zero-order valence-electron chi connectivity index (χ0n) is 11.6. The van der Waals surface area contributed by atoms with Gasteiger partial charge in [-0.05, 0) is 48.8 Å². The highest BCUT2D eigenvalue weighted by atomic mass is 79.9. The first-order chi connectivity index (χ1) is 9.17. The van der Waals surface area contributed by atoms with Gasteiger partial charge in [-0.1, -0.05) is 6.92 Å². The number of hydrogen-bond donors (Lipinski definition) is 1. The Hall–Kier alpha value is -1.07. The van der Waals surface area contributed by atoms with Crippen molar-refractivity contribution < 1.29 is 4.42 Å². The van der Waals surface area contributed by atoms with Crippen LogP contribution in [0.15, 0.2) is 27.4 Å². The fourth-order valence-electron chi connectivity index (χ4n) is 2.19. The van der Waals surface area contributed by atoms with Crippen LogP contribution in [0, 0.1) is 6.92 Å². The molecule has 104 valence electrons. The Bertz CT molecular complexity index is 533. The second-order valence-corrected chi connectivity index (χ2v) is 5.43. The molecule has 2 rings (SSSR count). The topological polar surface area (TPSA) is 43.0 Å². The summed E-state index contributed by atoms with van der Waals surface area (Å²) in [5, 5.41) is 7.96. The van der Waals surface area contributed by atoms with Gasteiger partial charge in [-0.15, -0.1) is 0 Å². The Morgan fingerprint density at radius 2 is 2.26 bits per heavy atom. The van der Waals surface area contributed by atoms with Crippen molar-refractivity contribution >= 4 is 15.9 Å². The maximum absolute atomic E-state index is 5.45. The summed E-state index contributed by atoms with van der Waals surface area (Å²) in [5.41, 5.74) is 2.29. The van der Waals surface area contributed by atoms with Crippen molar-refractivity contribution in [1.82, 2.24) is 15.1 Å². The van der Waals surface area contributed by atoms with Crippen LogP contribution in [0.4, 0.5) is 0 Å². The smallest absolute Gasteiger partial charge is 0.101 e. The van der Waals surface area contributed by atoms with Gasteiger partial charge in [0.15, 0.2) is 0 Å². The molecule has 2 heterocycles. The highest BCUT2D eigenvalue weighted by Crippen LogP contribution is 2.29. The highest BCUT2D eigenvalue weighted by molar-refractivity contribution is 9.10. The summed E-state index contributed by atoms with van der Waals surface area (Å²) in [7, 11) is 0. The SMILES string of the molecule is CCCNC(c1coc(C)c1)c1c(Br)cnn1CC. The van der Waals surface area contributed by atoms with Crippen molar-refractivity contribution in [2.24, 2.45) is 0 Å². The van der Waals surface area contributed by atoms with Crippen molar-refractivity contribution in [2.75, 3.05) is 6.54 Å². The van der Waals surface area contributed by atoms with Crippen LogP contribution in [-0.2, 0) is 6.54 Å². The molecule has 1 atom stereocenters. The van der Waals surface area contributed by atoms with Gasteiger partial charge in [0.05, 0.1) is 28.7 Å². The minimum atomic E-state index is 0.106. The molecular weight excluding hydrogens is 306 g/mol. The Morgan fingerprint density at radius 3 is 2.84 bits per heavy atom. The average Bonchev–Trinajstić information content (AvgIpc) is 2.98. The number of rotatable bonds is 6. The van der Waals surface area contributed by atoms with Gasteiger partial charge >= 0.3 is 0 Å². The van der Waals surface area contributed by atoms with Crippen molar-refractivity contribution in [3.05, 3.63) is 40.0 Å². The van der Waals surface area contributed by atoms with Crippen molar-refractivity contribution in [3.8, 4) is 0 Å². The molecule has 0 aliphatic heterocycles. The first-order valence-corrected chi connectivity index (χ1v) is 7.46. The van der Waals surface area contributed by atoms with E-state index in [1.54, 1.807) is 0 Å². The van der Waals surface area contributed by atoms with Crippen LogP contribution in [-0.4, -0.2) is 16.3 Å². The monoisotopic (exact) mass is 325 g/mol. The van der Waals surface area contributed by atoms with Gasteiger partial charge in [0.25, 0.3) is 0 Å². The lowest BCUT2D eigenvalue weighted by atomic mass is 10.1. The van der Waals surface area contributed by atoms with E-state index in [-0.39, 0.29) is 6.04 Å².